The van der Waals surface area contributed by atoms with Crippen LogP contribution in [0.4, 0.5) is 0 Å². The minimum absolute atomic E-state index is 0.860. The van der Waals surface area contributed by atoms with Crippen LogP contribution in [0.5, 0.6) is 11.5 Å². The van der Waals surface area contributed by atoms with E-state index in [-0.39, 0.29) is 0 Å². The van der Waals surface area contributed by atoms with Crippen molar-refractivity contribution in [3.63, 3.8) is 0 Å². The monoisotopic (exact) mass is 554 g/mol. The van der Waals surface area contributed by atoms with Crippen molar-refractivity contribution in [3.05, 3.63) is 95.6 Å². The van der Waals surface area contributed by atoms with Gasteiger partial charge >= 0.3 is 5.69 Å². The highest BCUT2D eigenvalue weighted by Crippen LogP contribution is 2.61. The molecule has 0 saturated heterocycles. The molecule has 3 aromatic carbocycles. The summed E-state index contributed by atoms with van der Waals surface area (Å²) in [7, 11) is 0. The van der Waals surface area contributed by atoms with Gasteiger partial charge in [-0.2, -0.15) is 0 Å². The van der Waals surface area contributed by atoms with E-state index < -0.39 is 5.69 Å². The summed E-state index contributed by atoms with van der Waals surface area (Å²) < 4.78 is 13.4. The van der Waals surface area contributed by atoms with E-state index in [9.17, 15) is 0 Å². The van der Waals surface area contributed by atoms with Gasteiger partial charge in [-0.1, -0.05) is 119 Å². The van der Waals surface area contributed by atoms with E-state index >= 15 is 0 Å². The van der Waals surface area contributed by atoms with E-state index in [2.05, 4.69) is 80.6 Å². The third-order valence-electron chi connectivity index (χ3n) is 6.45. The highest BCUT2D eigenvalue weighted by molar-refractivity contribution is 8.68. The average Bonchev–Trinajstić information content (AvgIpc) is 2.91. The first-order valence-electron chi connectivity index (χ1n) is 14.0. The van der Waals surface area contributed by atoms with Crippen LogP contribution in [0.15, 0.2) is 78.9 Å². The molecule has 200 valence electrons. The van der Waals surface area contributed by atoms with Gasteiger partial charge in [0, 0.05) is 5.75 Å². The molecule has 0 N–H and O–H groups in total. The first kappa shape index (κ1) is 29.8. The number of para-hydroxylation sites is 2. The van der Waals surface area contributed by atoms with Gasteiger partial charge in [0.05, 0.1) is 0 Å². The van der Waals surface area contributed by atoms with Crippen molar-refractivity contribution >= 4 is 28.9 Å². The Labute approximate surface area is 234 Å². The van der Waals surface area contributed by atoms with Gasteiger partial charge in [0.2, 0.25) is 0 Å². The number of aryl methyl sites for hydroxylation is 3. The van der Waals surface area contributed by atoms with Gasteiger partial charge in [-0.15, -0.1) is 0 Å². The number of benzene rings is 3. The molecule has 3 aromatic rings. The normalized spacial score (nSPS) is 11.4. The molecule has 0 aliphatic carbocycles. The Morgan fingerprint density at radius 1 is 0.595 bits per heavy atom. The van der Waals surface area contributed by atoms with E-state index in [1.807, 2.05) is 12.1 Å². The molecular formula is C32H43O2PS2. The Balaban J connectivity index is 1.78. The first-order valence-corrected chi connectivity index (χ1v) is 18.2. The summed E-state index contributed by atoms with van der Waals surface area (Å²) in [6, 6.07) is 27.3. The highest BCUT2D eigenvalue weighted by Gasteiger charge is 2.26. The maximum atomic E-state index is 6.70. The molecule has 0 unspecified atom stereocenters. The van der Waals surface area contributed by atoms with E-state index in [1.165, 1.54) is 68.1 Å². The van der Waals surface area contributed by atoms with Gasteiger partial charge in [0.25, 0.3) is 0 Å². The summed E-state index contributed by atoms with van der Waals surface area (Å²) in [6.07, 6.45) is 12.8. The van der Waals surface area contributed by atoms with Gasteiger partial charge in [-0.05, 0) is 84.1 Å². The standard InChI is InChI=1S/C32H43O2PS2/c1-3-5-7-12-20-29-22-14-16-24-31(29)33-35(36,37-27-26-28-18-10-9-11-19-28)34-32-25-17-15-23-30(32)21-13-8-6-4-2/h9-11,14-19,22-25H,3-8,12-13,20-21,26-27H2,1-2H3. The zero-order valence-electron chi connectivity index (χ0n) is 22.6. The van der Waals surface area contributed by atoms with E-state index in [0.29, 0.717) is 0 Å². The predicted molar refractivity (Wildman–Crippen MR) is 167 cm³/mol. The zero-order valence-corrected chi connectivity index (χ0v) is 25.1. The lowest BCUT2D eigenvalue weighted by Crippen LogP contribution is -2.03. The molecule has 0 fully saturated rings. The molecule has 5 heteroatoms. The molecule has 0 saturated carbocycles. The molecule has 0 spiro atoms. The minimum atomic E-state index is -2.69. The van der Waals surface area contributed by atoms with Crippen molar-refractivity contribution in [2.45, 2.75) is 84.5 Å². The summed E-state index contributed by atoms with van der Waals surface area (Å²) >= 11 is 7.91. The molecule has 3 rings (SSSR count). The fourth-order valence-electron chi connectivity index (χ4n) is 4.32. The van der Waals surface area contributed by atoms with E-state index in [0.717, 1.165) is 36.5 Å². The second-order valence-electron chi connectivity index (χ2n) is 9.54. The lowest BCUT2D eigenvalue weighted by atomic mass is 10.1. The largest absolute Gasteiger partial charge is 0.428 e. The van der Waals surface area contributed by atoms with Gasteiger partial charge in [0.15, 0.2) is 0 Å². The number of hydrogen-bond acceptors (Lipinski definition) is 4. The Bertz CT molecular complexity index is 1030. The van der Waals surface area contributed by atoms with Crippen LogP contribution in [0, 0.1) is 0 Å². The Kier molecular flexibility index (Phi) is 13.7. The second-order valence-corrected chi connectivity index (χ2v) is 15.8. The molecule has 0 amide bonds. The van der Waals surface area contributed by atoms with Crippen LogP contribution in [0.1, 0.15) is 81.9 Å². The van der Waals surface area contributed by atoms with E-state index in [1.54, 1.807) is 11.4 Å². The highest BCUT2D eigenvalue weighted by atomic mass is 32.9. The van der Waals surface area contributed by atoms with Crippen LogP contribution in [-0.2, 0) is 31.1 Å². The predicted octanol–water partition coefficient (Wildman–Crippen LogP) is 10.6. The fraction of sp³-hybridized carbons (Fsp3) is 0.438. The minimum Gasteiger partial charge on any atom is -0.428 e. The van der Waals surface area contributed by atoms with Crippen LogP contribution >= 0.6 is 17.1 Å². The Morgan fingerprint density at radius 2 is 1.08 bits per heavy atom. The van der Waals surface area contributed by atoms with Crippen molar-refractivity contribution in [1.82, 2.24) is 0 Å². The summed E-state index contributed by atoms with van der Waals surface area (Å²) in [5, 5.41) is 0. The number of rotatable bonds is 18. The van der Waals surface area contributed by atoms with Crippen LogP contribution in [0.3, 0.4) is 0 Å². The average molecular weight is 555 g/mol. The molecule has 0 aromatic heterocycles. The molecule has 0 bridgehead atoms. The third-order valence-corrected chi connectivity index (χ3v) is 11.3. The second kappa shape index (κ2) is 17.0. The maximum Gasteiger partial charge on any atom is 0.348 e. The summed E-state index contributed by atoms with van der Waals surface area (Å²) in [6.45, 7) is 4.50. The van der Waals surface area contributed by atoms with Gasteiger partial charge in [0.1, 0.15) is 11.5 Å². The van der Waals surface area contributed by atoms with Crippen LogP contribution in [0.2, 0.25) is 0 Å². The molecule has 0 heterocycles. The molecular weight excluding hydrogens is 511 g/mol. The van der Waals surface area contributed by atoms with Crippen LogP contribution in [0.25, 0.3) is 0 Å². The molecule has 37 heavy (non-hydrogen) atoms. The first-order chi connectivity index (χ1) is 18.1. The SMILES string of the molecule is CCCCCCc1ccccc1OP(=S)(Oc1ccccc1CCCCCC)SCCc1ccccc1. The Morgan fingerprint density at radius 3 is 1.59 bits per heavy atom. The quantitative estimate of drug-likeness (QED) is 0.115. The molecule has 0 aliphatic rings. The molecule has 0 atom stereocenters. The van der Waals surface area contributed by atoms with Gasteiger partial charge < -0.3 is 9.05 Å². The lowest BCUT2D eigenvalue weighted by Gasteiger charge is -2.25. The van der Waals surface area contributed by atoms with Gasteiger partial charge in [-0.3, -0.25) is 0 Å². The fourth-order valence-corrected chi connectivity index (χ4v) is 8.74. The zero-order chi connectivity index (χ0) is 26.2. The Hall–Kier alpha value is -1.74. The smallest absolute Gasteiger partial charge is 0.348 e. The third kappa shape index (κ3) is 10.9. The lowest BCUT2D eigenvalue weighted by molar-refractivity contribution is 0.496. The molecule has 0 aliphatic heterocycles. The molecule has 2 nitrogen and oxygen atoms in total. The maximum absolute atomic E-state index is 6.70. The van der Waals surface area contributed by atoms with Crippen molar-refractivity contribution in [2.24, 2.45) is 0 Å². The van der Waals surface area contributed by atoms with E-state index in [4.69, 9.17) is 20.9 Å². The summed E-state index contributed by atoms with van der Waals surface area (Å²) in [5.74, 6) is 2.63. The molecule has 0 radical (unpaired) electrons. The topological polar surface area (TPSA) is 18.5 Å². The number of hydrogen-bond donors (Lipinski definition) is 0. The number of unbranched alkanes of at least 4 members (excludes halogenated alkanes) is 6. The summed E-state index contributed by atoms with van der Waals surface area (Å²) in [5.41, 5.74) is 1.07. The van der Waals surface area contributed by atoms with Crippen molar-refractivity contribution in [1.29, 1.82) is 0 Å². The summed E-state index contributed by atoms with van der Waals surface area (Å²) in [4.78, 5) is 0. The van der Waals surface area contributed by atoms with Crippen LogP contribution in [-0.4, -0.2) is 5.75 Å². The van der Waals surface area contributed by atoms with Crippen molar-refractivity contribution < 1.29 is 9.05 Å². The van der Waals surface area contributed by atoms with Crippen molar-refractivity contribution in [3.8, 4) is 11.5 Å². The van der Waals surface area contributed by atoms with Gasteiger partial charge in [-0.25, -0.2) is 0 Å². The van der Waals surface area contributed by atoms with Crippen LogP contribution < -0.4 is 9.05 Å². The van der Waals surface area contributed by atoms with Crippen molar-refractivity contribution in [2.75, 3.05) is 5.75 Å².